The van der Waals surface area contributed by atoms with Crippen LogP contribution in [0, 0.1) is 0 Å². The second kappa shape index (κ2) is 9.44. The lowest BCUT2D eigenvalue weighted by Crippen LogP contribution is -2.38. The number of guanidine groups is 1. The van der Waals surface area contributed by atoms with Gasteiger partial charge in [-0.1, -0.05) is 17.7 Å². The van der Waals surface area contributed by atoms with E-state index < -0.39 is 0 Å². The van der Waals surface area contributed by atoms with E-state index >= 15 is 0 Å². The molecule has 0 unspecified atom stereocenters. The zero-order valence-corrected chi connectivity index (χ0v) is 13.0. The summed E-state index contributed by atoms with van der Waals surface area (Å²) in [5, 5.41) is 7.02. The van der Waals surface area contributed by atoms with Crippen LogP contribution in [0.25, 0.3) is 0 Å². The molecule has 0 fully saturated rings. The normalized spacial score (nSPS) is 11.3. The van der Waals surface area contributed by atoms with Crippen molar-refractivity contribution < 1.29 is 9.47 Å². The van der Waals surface area contributed by atoms with E-state index in [1.54, 1.807) is 20.3 Å². The van der Waals surface area contributed by atoms with Crippen molar-refractivity contribution in [3.8, 4) is 5.75 Å². The van der Waals surface area contributed by atoms with Gasteiger partial charge in [-0.15, -0.1) is 0 Å². The highest BCUT2D eigenvalue weighted by Crippen LogP contribution is 2.23. The monoisotopic (exact) mass is 299 g/mol. The van der Waals surface area contributed by atoms with E-state index in [2.05, 4.69) is 15.6 Å². The second-order valence-electron chi connectivity index (χ2n) is 4.07. The van der Waals surface area contributed by atoms with Crippen molar-refractivity contribution in [2.45, 2.75) is 13.5 Å². The largest absolute Gasteiger partial charge is 0.496 e. The van der Waals surface area contributed by atoms with E-state index in [1.807, 2.05) is 19.1 Å². The number of ether oxygens (including phenoxy) is 2. The lowest BCUT2D eigenvalue weighted by atomic mass is 10.2. The summed E-state index contributed by atoms with van der Waals surface area (Å²) in [6.07, 6.45) is 0. The van der Waals surface area contributed by atoms with Gasteiger partial charge in [0.1, 0.15) is 5.75 Å². The summed E-state index contributed by atoms with van der Waals surface area (Å²) >= 11 is 5.94. The third-order valence-electron chi connectivity index (χ3n) is 2.60. The predicted molar refractivity (Wildman–Crippen MR) is 82.7 cm³/mol. The van der Waals surface area contributed by atoms with E-state index in [-0.39, 0.29) is 0 Å². The van der Waals surface area contributed by atoms with E-state index in [0.717, 1.165) is 23.8 Å². The zero-order chi connectivity index (χ0) is 14.8. The smallest absolute Gasteiger partial charge is 0.191 e. The quantitative estimate of drug-likeness (QED) is 0.460. The molecule has 20 heavy (non-hydrogen) atoms. The van der Waals surface area contributed by atoms with Crippen molar-refractivity contribution in [1.82, 2.24) is 10.6 Å². The molecule has 0 heterocycles. The molecular weight excluding hydrogens is 278 g/mol. The van der Waals surface area contributed by atoms with E-state index in [9.17, 15) is 0 Å². The Bertz CT molecular complexity index is 438. The zero-order valence-electron chi connectivity index (χ0n) is 12.2. The standard InChI is InChI=1S/C14H22ClN3O2/c1-4-16-14(17-7-8-19-2)18-10-11-5-6-12(15)9-13(11)20-3/h5-6,9H,4,7-8,10H2,1-3H3,(H2,16,17,18). The van der Waals surface area contributed by atoms with Crippen LogP contribution in [0.15, 0.2) is 23.2 Å². The van der Waals surface area contributed by atoms with Crippen LogP contribution < -0.4 is 15.4 Å². The molecule has 112 valence electrons. The Balaban J connectivity index is 2.70. The second-order valence-corrected chi connectivity index (χ2v) is 4.51. The van der Waals surface area contributed by atoms with Crippen molar-refractivity contribution in [2.75, 3.05) is 33.9 Å². The van der Waals surface area contributed by atoms with Gasteiger partial charge < -0.3 is 20.1 Å². The highest BCUT2D eigenvalue weighted by molar-refractivity contribution is 6.30. The lowest BCUT2D eigenvalue weighted by Gasteiger charge is -2.12. The van der Waals surface area contributed by atoms with Crippen LogP contribution in [0.1, 0.15) is 12.5 Å². The molecule has 0 aliphatic heterocycles. The molecule has 0 aromatic heterocycles. The van der Waals surface area contributed by atoms with Gasteiger partial charge in [-0.05, 0) is 19.1 Å². The molecule has 0 amide bonds. The maximum atomic E-state index is 5.94. The number of hydrogen-bond donors (Lipinski definition) is 2. The Morgan fingerprint density at radius 2 is 2.10 bits per heavy atom. The van der Waals surface area contributed by atoms with Crippen LogP contribution >= 0.6 is 11.6 Å². The van der Waals surface area contributed by atoms with Crippen LogP contribution in [0.2, 0.25) is 5.02 Å². The first-order valence-corrected chi connectivity index (χ1v) is 6.92. The molecule has 1 aromatic rings. The number of methoxy groups -OCH3 is 2. The summed E-state index contributed by atoms with van der Waals surface area (Å²) in [6.45, 7) is 4.68. The number of benzene rings is 1. The number of nitrogens with zero attached hydrogens (tertiary/aromatic N) is 1. The molecule has 0 spiro atoms. The van der Waals surface area contributed by atoms with Gasteiger partial charge in [-0.3, -0.25) is 0 Å². The van der Waals surface area contributed by atoms with Gasteiger partial charge in [0, 0.05) is 30.8 Å². The Morgan fingerprint density at radius 1 is 1.30 bits per heavy atom. The minimum atomic E-state index is 0.517. The van der Waals surface area contributed by atoms with E-state index in [0.29, 0.717) is 24.7 Å². The first kappa shape index (κ1) is 16.6. The fourth-order valence-electron chi connectivity index (χ4n) is 1.63. The van der Waals surface area contributed by atoms with Crippen LogP contribution in [0.4, 0.5) is 0 Å². The van der Waals surface area contributed by atoms with Gasteiger partial charge in [-0.2, -0.15) is 0 Å². The molecule has 0 radical (unpaired) electrons. The Hall–Kier alpha value is -1.46. The lowest BCUT2D eigenvalue weighted by molar-refractivity contribution is 0.203. The van der Waals surface area contributed by atoms with Crippen LogP contribution in [-0.4, -0.2) is 39.9 Å². The fraction of sp³-hybridized carbons (Fsp3) is 0.500. The number of halogens is 1. The summed E-state index contributed by atoms with van der Waals surface area (Å²) in [5.41, 5.74) is 0.987. The number of aliphatic imine (C=N–C) groups is 1. The highest BCUT2D eigenvalue weighted by atomic mass is 35.5. The molecule has 0 bridgehead atoms. The maximum Gasteiger partial charge on any atom is 0.191 e. The van der Waals surface area contributed by atoms with Crippen LogP contribution in [0.3, 0.4) is 0 Å². The van der Waals surface area contributed by atoms with Gasteiger partial charge in [0.2, 0.25) is 0 Å². The Labute approximate surface area is 125 Å². The highest BCUT2D eigenvalue weighted by Gasteiger charge is 2.04. The van der Waals surface area contributed by atoms with Crippen LogP contribution in [0.5, 0.6) is 5.75 Å². The molecule has 0 saturated carbocycles. The third kappa shape index (κ3) is 5.67. The molecule has 6 heteroatoms. The molecule has 0 aliphatic rings. The fourth-order valence-corrected chi connectivity index (χ4v) is 1.79. The van der Waals surface area contributed by atoms with Gasteiger partial charge >= 0.3 is 0 Å². The predicted octanol–water partition coefficient (Wildman–Crippen LogP) is 2.05. The van der Waals surface area contributed by atoms with Crippen molar-refractivity contribution in [2.24, 2.45) is 4.99 Å². The first-order chi connectivity index (χ1) is 9.71. The topological polar surface area (TPSA) is 54.9 Å². The summed E-state index contributed by atoms with van der Waals surface area (Å²) in [4.78, 5) is 4.51. The minimum absolute atomic E-state index is 0.517. The molecule has 2 N–H and O–H groups in total. The van der Waals surface area contributed by atoms with E-state index in [4.69, 9.17) is 21.1 Å². The summed E-state index contributed by atoms with van der Waals surface area (Å²) in [5.74, 6) is 1.50. The average molecular weight is 300 g/mol. The Kier molecular flexibility index (Phi) is 7.84. The van der Waals surface area contributed by atoms with Gasteiger partial charge in [0.05, 0.1) is 20.3 Å². The van der Waals surface area contributed by atoms with Crippen molar-refractivity contribution in [1.29, 1.82) is 0 Å². The summed E-state index contributed by atoms with van der Waals surface area (Å²) in [7, 11) is 3.30. The van der Waals surface area contributed by atoms with Crippen molar-refractivity contribution in [3.63, 3.8) is 0 Å². The number of nitrogens with one attached hydrogen (secondary N) is 2. The SMILES string of the molecule is CCNC(=NCc1ccc(Cl)cc1OC)NCCOC. The average Bonchev–Trinajstić information content (AvgIpc) is 2.45. The summed E-state index contributed by atoms with van der Waals surface area (Å²) < 4.78 is 10.3. The molecule has 1 aromatic carbocycles. The number of hydrogen-bond acceptors (Lipinski definition) is 3. The molecule has 0 saturated heterocycles. The van der Waals surface area contributed by atoms with Gasteiger partial charge in [0.15, 0.2) is 5.96 Å². The maximum absolute atomic E-state index is 5.94. The molecule has 5 nitrogen and oxygen atoms in total. The van der Waals surface area contributed by atoms with Crippen molar-refractivity contribution in [3.05, 3.63) is 28.8 Å². The van der Waals surface area contributed by atoms with E-state index in [1.165, 1.54) is 0 Å². The Morgan fingerprint density at radius 3 is 2.75 bits per heavy atom. The van der Waals surface area contributed by atoms with Gasteiger partial charge in [0.25, 0.3) is 0 Å². The minimum Gasteiger partial charge on any atom is -0.496 e. The molecule has 1 rings (SSSR count). The summed E-state index contributed by atoms with van der Waals surface area (Å²) in [6, 6.07) is 5.54. The molecule has 0 atom stereocenters. The first-order valence-electron chi connectivity index (χ1n) is 6.54. The molecule has 0 aliphatic carbocycles. The molecular formula is C14H22ClN3O2. The van der Waals surface area contributed by atoms with Gasteiger partial charge in [-0.25, -0.2) is 4.99 Å². The van der Waals surface area contributed by atoms with Crippen molar-refractivity contribution >= 4 is 17.6 Å². The number of rotatable bonds is 7. The third-order valence-corrected chi connectivity index (χ3v) is 2.83. The van der Waals surface area contributed by atoms with Crippen LogP contribution in [-0.2, 0) is 11.3 Å².